The molecule has 40 heavy (non-hydrogen) atoms. The van der Waals surface area contributed by atoms with Crippen LogP contribution in [0.3, 0.4) is 0 Å². The lowest BCUT2D eigenvalue weighted by Crippen LogP contribution is -2.29. The van der Waals surface area contributed by atoms with E-state index in [1.807, 2.05) is 65.6 Å². The molecule has 0 saturated carbocycles. The third-order valence-corrected chi connectivity index (χ3v) is 6.14. The van der Waals surface area contributed by atoms with Crippen molar-refractivity contribution in [1.29, 1.82) is 0 Å². The lowest BCUT2D eigenvalue weighted by Gasteiger charge is -2.24. The first-order chi connectivity index (χ1) is 19.5. The van der Waals surface area contributed by atoms with Gasteiger partial charge in [0.05, 0.1) is 12.7 Å². The van der Waals surface area contributed by atoms with Crippen LogP contribution in [0.2, 0.25) is 0 Å². The Labute approximate surface area is 231 Å². The molecule has 1 aliphatic heterocycles. The summed E-state index contributed by atoms with van der Waals surface area (Å²) in [5.74, 6) is -0.298. The summed E-state index contributed by atoms with van der Waals surface area (Å²) in [6, 6.07) is 28.6. The Hall–Kier alpha value is -5.31. The summed E-state index contributed by atoms with van der Waals surface area (Å²) in [5, 5.41) is 5.64. The SMILES string of the molecule is COC(=O)c1cc(NC(=O)CN(c2ccccc2)c2ccccc2)cc(NC(=O)c2ccc3c(c2)OCCO3)c1. The van der Waals surface area contributed by atoms with Gasteiger partial charge < -0.3 is 29.7 Å². The number of nitrogens with zero attached hydrogens (tertiary/aromatic N) is 1. The Morgan fingerprint density at radius 1 is 0.725 bits per heavy atom. The predicted molar refractivity (Wildman–Crippen MR) is 152 cm³/mol. The quantitative estimate of drug-likeness (QED) is 0.295. The molecule has 1 heterocycles. The molecule has 0 spiro atoms. The number of rotatable bonds is 8. The van der Waals surface area contributed by atoms with Crippen molar-refractivity contribution in [2.75, 3.05) is 42.4 Å². The Morgan fingerprint density at radius 2 is 1.32 bits per heavy atom. The first kappa shape index (κ1) is 26.3. The molecular weight excluding hydrogens is 510 g/mol. The van der Waals surface area contributed by atoms with Gasteiger partial charge in [-0.05, 0) is 60.7 Å². The lowest BCUT2D eigenvalue weighted by atomic mass is 10.1. The molecule has 2 N–H and O–H groups in total. The molecule has 0 saturated heterocycles. The number of ether oxygens (including phenoxy) is 3. The van der Waals surface area contributed by atoms with Crippen molar-refractivity contribution in [2.45, 2.75) is 0 Å². The largest absolute Gasteiger partial charge is 0.486 e. The average Bonchev–Trinajstić information content (AvgIpc) is 3.00. The van der Waals surface area contributed by atoms with E-state index in [4.69, 9.17) is 14.2 Å². The fourth-order valence-corrected chi connectivity index (χ4v) is 4.29. The zero-order chi connectivity index (χ0) is 27.9. The van der Waals surface area contributed by atoms with Crippen molar-refractivity contribution < 1.29 is 28.6 Å². The summed E-state index contributed by atoms with van der Waals surface area (Å²) >= 11 is 0. The predicted octanol–water partition coefficient (Wildman–Crippen LogP) is 5.27. The van der Waals surface area contributed by atoms with Crippen LogP contribution in [0.1, 0.15) is 20.7 Å². The number of carbonyl (C=O) groups excluding carboxylic acids is 3. The minimum absolute atomic E-state index is 0.00929. The van der Waals surface area contributed by atoms with Crippen LogP contribution in [-0.4, -0.2) is 44.7 Å². The number of esters is 1. The normalized spacial score (nSPS) is 11.7. The van der Waals surface area contributed by atoms with E-state index >= 15 is 0 Å². The third kappa shape index (κ3) is 6.21. The van der Waals surface area contributed by atoms with Gasteiger partial charge in [0.2, 0.25) is 5.91 Å². The second-order valence-corrected chi connectivity index (χ2v) is 8.91. The van der Waals surface area contributed by atoms with Gasteiger partial charge in [-0.25, -0.2) is 4.79 Å². The van der Waals surface area contributed by atoms with Gasteiger partial charge in [-0.1, -0.05) is 36.4 Å². The molecular formula is C31H27N3O6. The van der Waals surface area contributed by atoms with E-state index in [2.05, 4.69) is 10.6 Å². The monoisotopic (exact) mass is 537 g/mol. The average molecular weight is 538 g/mol. The fourth-order valence-electron chi connectivity index (χ4n) is 4.29. The zero-order valence-corrected chi connectivity index (χ0v) is 21.8. The van der Waals surface area contributed by atoms with Gasteiger partial charge in [-0.3, -0.25) is 9.59 Å². The van der Waals surface area contributed by atoms with Crippen molar-refractivity contribution >= 4 is 40.5 Å². The minimum Gasteiger partial charge on any atom is -0.486 e. The number of hydrogen-bond acceptors (Lipinski definition) is 7. The highest BCUT2D eigenvalue weighted by atomic mass is 16.6. The number of fused-ring (bicyclic) bond motifs is 1. The maximum Gasteiger partial charge on any atom is 0.337 e. The summed E-state index contributed by atoms with van der Waals surface area (Å²) < 4.78 is 16.0. The van der Waals surface area contributed by atoms with E-state index in [1.54, 1.807) is 24.3 Å². The van der Waals surface area contributed by atoms with Crippen molar-refractivity contribution in [3.05, 3.63) is 108 Å². The van der Waals surface area contributed by atoms with Gasteiger partial charge in [-0.2, -0.15) is 0 Å². The summed E-state index contributed by atoms with van der Waals surface area (Å²) in [7, 11) is 1.26. The van der Waals surface area contributed by atoms with Gasteiger partial charge in [0, 0.05) is 28.3 Å². The number of anilines is 4. The van der Waals surface area contributed by atoms with E-state index in [9.17, 15) is 14.4 Å². The molecule has 0 radical (unpaired) electrons. The molecule has 0 unspecified atom stereocenters. The molecule has 2 amide bonds. The molecule has 9 nitrogen and oxygen atoms in total. The van der Waals surface area contributed by atoms with Crippen LogP contribution in [0.4, 0.5) is 22.7 Å². The third-order valence-electron chi connectivity index (χ3n) is 6.14. The lowest BCUT2D eigenvalue weighted by molar-refractivity contribution is -0.114. The standard InChI is InChI=1S/C31H27N3O6/c1-38-31(37)22-16-23(19-24(17-22)33-30(36)21-12-13-27-28(18-21)40-15-14-39-27)32-29(35)20-34(25-8-4-2-5-9-25)26-10-6-3-7-11-26/h2-13,16-19H,14-15,20H2,1H3,(H,32,35)(H,33,36). The Balaban J connectivity index is 1.37. The highest BCUT2D eigenvalue weighted by Gasteiger charge is 2.18. The van der Waals surface area contributed by atoms with E-state index in [1.165, 1.54) is 19.2 Å². The molecule has 4 aromatic rings. The first-order valence-corrected chi connectivity index (χ1v) is 12.6. The molecule has 5 rings (SSSR count). The molecule has 0 fully saturated rings. The number of hydrogen-bond donors (Lipinski definition) is 2. The molecule has 202 valence electrons. The summed E-state index contributed by atoms with van der Waals surface area (Å²) in [6.07, 6.45) is 0. The van der Waals surface area contributed by atoms with E-state index in [0.717, 1.165) is 11.4 Å². The van der Waals surface area contributed by atoms with Crippen LogP contribution in [0.5, 0.6) is 11.5 Å². The van der Waals surface area contributed by atoms with E-state index in [0.29, 0.717) is 41.7 Å². The molecule has 9 heteroatoms. The topological polar surface area (TPSA) is 106 Å². The number of para-hydroxylation sites is 2. The molecule has 0 bridgehead atoms. The summed E-state index contributed by atoms with van der Waals surface area (Å²) in [4.78, 5) is 40.5. The Bertz CT molecular complexity index is 1490. The molecule has 1 aliphatic rings. The number of methoxy groups -OCH3 is 1. The Morgan fingerprint density at radius 3 is 1.95 bits per heavy atom. The van der Waals surface area contributed by atoms with E-state index in [-0.39, 0.29) is 18.0 Å². The van der Waals surface area contributed by atoms with Crippen LogP contribution in [-0.2, 0) is 9.53 Å². The number of carbonyl (C=O) groups is 3. The van der Waals surface area contributed by atoms with Gasteiger partial charge >= 0.3 is 5.97 Å². The van der Waals surface area contributed by atoms with Gasteiger partial charge in [0.1, 0.15) is 19.8 Å². The smallest absolute Gasteiger partial charge is 0.337 e. The zero-order valence-electron chi connectivity index (χ0n) is 21.8. The number of amides is 2. The molecule has 4 aromatic carbocycles. The maximum atomic E-state index is 13.2. The second-order valence-electron chi connectivity index (χ2n) is 8.91. The summed E-state index contributed by atoms with van der Waals surface area (Å²) in [5.41, 5.74) is 2.84. The fraction of sp³-hybridized carbons (Fsp3) is 0.129. The van der Waals surface area contributed by atoms with Crippen molar-refractivity contribution in [3.63, 3.8) is 0 Å². The summed E-state index contributed by atoms with van der Waals surface area (Å²) in [6.45, 7) is 0.853. The molecule has 0 atom stereocenters. The van der Waals surface area contributed by atoms with Gasteiger partial charge in [-0.15, -0.1) is 0 Å². The van der Waals surface area contributed by atoms with Crippen LogP contribution in [0, 0.1) is 0 Å². The van der Waals surface area contributed by atoms with Crippen LogP contribution in [0.15, 0.2) is 97.1 Å². The van der Waals surface area contributed by atoms with Crippen molar-refractivity contribution in [2.24, 2.45) is 0 Å². The first-order valence-electron chi connectivity index (χ1n) is 12.6. The second kappa shape index (κ2) is 12.0. The van der Waals surface area contributed by atoms with Crippen LogP contribution >= 0.6 is 0 Å². The number of nitrogens with one attached hydrogen (secondary N) is 2. The van der Waals surface area contributed by atoms with E-state index < -0.39 is 11.9 Å². The minimum atomic E-state index is -0.610. The highest BCUT2D eigenvalue weighted by molar-refractivity contribution is 6.06. The maximum absolute atomic E-state index is 13.2. The molecule has 0 aliphatic carbocycles. The number of benzene rings is 4. The van der Waals surface area contributed by atoms with Crippen molar-refractivity contribution in [1.82, 2.24) is 0 Å². The van der Waals surface area contributed by atoms with Crippen molar-refractivity contribution in [3.8, 4) is 11.5 Å². The van der Waals surface area contributed by atoms with Crippen LogP contribution in [0.25, 0.3) is 0 Å². The van der Waals surface area contributed by atoms with Gasteiger partial charge in [0.15, 0.2) is 11.5 Å². The Kier molecular flexibility index (Phi) is 7.92. The molecule has 0 aromatic heterocycles. The van der Waals surface area contributed by atoms with Crippen LogP contribution < -0.4 is 25.0 Å². The van der Waals surface area contributed by atoms with Gasteiger partial charge in [0.25, 0.3) is 5.91 Å². The highest BCUT2D eigenvalue weighted by Crippen LogP contribution is 2.31.